The topological polar surface area (TPSA) is 70.1 Å². The van der Waals surface area contributed by atoms with Crippen LogP contribution in [0.4, 0.5) is 4.79 Å². The molecule has 2 aliphatic rings. The maximum absolute atomic E-state index is 13.3. The van der Waals surface area contributed by atoms with Gasteiger partial charge in [0.25, 0.3) is 0 Å². The highest BCUT2D eigenvalue weighted by atomic mass is 79.9. The quantitative estimate of drug-likeness (QED) is 0.761. The van der Waals surface area contributed by atoms with E-state index in [1.807, 2.05) is 45.0 Å². The monoisotopic (exact) mass is 452 g/mol. The Morgan fingerprint density at radius 3 is 2.07 bits per heavy atom. The number of carbonyl (C=O) groups excluding carboxylic acids is 2. The van der Waals surface area contributed by atoms with E-state index in [4.69, 9.17) is 4.74 Å². The molecular formula is C21H29BrN2O4. The van der Waals surface area contributed by atoms with Crippen LogP contribution in [0, 0.1) is 0 Å². The van der Waals surface area contributed by atoms with Gasteiger partial charge in [0.2, 0.25) is 5.91 Å². The van der Waals surface area contributed by atoms with Crippen LogP contribution in [0.5, 0.6) is 0 Å². The largest absolute Gasteiger partial charge is 0.444 e. The molecule has 3 rings (SSSR count). The molecule has 1 unspecified atom stereocenters. The summed E-state index contributed by atoms with van der Waals surface area (Å²) >= 11 is 3.42. The van der Waals surface area contributed by atoms with Crippen molar-refractivity contribution in [2.45, 2.75) is 57.2 Å². The second-order valence-corrected chi connectivity index (χ2v) is 9.65. The molecule has 0 spiro atoms. The van der Waals surface area contributed by atoms with E-state index in [0.717, 1.165) is 16.5 Å². The van der Waals surface area contributed by atoms with Gasteiger partial charge in [0, 0.05) is 30.7 Å². The van der Waals surface area contributed by atoms with Crippen molar-refractivity contribution in [3.8, 4) is 0 Å². The lowest BCUT2D eigenvalue weighted by molar-refractivity contribution is -0.146. The van der Waals surface area contributed by atoms with Crippen LogP contribution in [0.15, 0.2) is 28.7 Å². The van der Waals surface area contributed by atoms with Crippen molar-refractivity contribution in [1.29, 1.82) is 0 Å². The summed E-state index contributed by atoms with van der Waals surface area (Å²) in [6.07, 6.45) is 1.86. The number of benzene rings is 1. The Balaban J connectivity index is 1.69. The summed E-state index contributed by atoms with van der Waals surface area (Å²) in [4.78, 5) is 29.0. The molecule has 1 atom stereocenters. The van der Waals surface area contributed by atoms with Crippen LogP contribution in [-0.2, 0) is 9.53 Å². The summed E-state index contributed by atoms with van der Waals surface area (Å²) in [6, 6.07) is 7.61. The van der Waals surface area contributed by atoms with Crippen LogP contribution in [-0.4, -0.2) is 64.3 Å². The molecule has 0 aromatic heterocycles. The van der Waals surface area contributed by atoms with E-state index in [1.54, 1.807) is 9.80 Å². The summed E-state index contributed by atoms with van der Waals surface area (Å²) in [6.45, 7) is 7.28. The van der Waals surface area contributed by atoms with E-state index in [1.165, 1.54) is 0 Å². The fraction of sp³-hybridized carbons (Fsp3) is 0.619. The molecule has 2 amide bonds. The van der Waals surface area contributed by atoms with Gasteiger partial charge in [0.1, 0.15) is 5.60 Å². The van der Waals surface area contributed by atoms with Gasteiger partial charge in [0.15, 0.2) is 0 Å². The Morgan fingerprint density at radius 2 is 1.61 bits per heavy atom. The zero-order chi connectivity index (χ0) is 20.5. The second kappa shape index (κ2) is 8.03. The van der Waals surface area contributed by atoms with E-state index in [2.05, 4.69) is 15.9 Å². The number of piperazine rings is 1. The number of nitrogens with zero attached hydrogens (tertiary/aromatic N) is 2. The standard InChI is InChI=1S/C21H29BrN2O4/c1-20(2,3)28-19(26)24-13-11-23(12-14-24)18(25)17(21(27)9-4-10-21)15-5-7-16(22)8-6-15/h5-8,17,27H,4,9-14H2,1-3H3. The van der Waals surface area contributed by atoms with Gasteiger partial charge in [-0.05, 0) is 57.7 Å². The molecule has 6 nitrogen and oxygen atoms in total. The summed E-state index contributed by atoms with van der Waals surface area (Å²) in [5, 5.41) is 11.0. The molecule has 0 bridgehead atoms. The summed E-state index contributed by atoms with van der Waals surface area (Å²) in [5.41, 5.74) is -0.679. The summed E-state index contributed by atoms with van der Waals surface area (Å²) in [5.74, 6) is -0.629. The Labute approximate surface area is 175 Å². The summed E-state index contributed by atoms with van der Waals surface area (Å²) in [7, 11) is 0. The van der Waals surface area contributed by atoms with Crippen molar-refractivity contribution in [3.05, 3.63) is 34.3 Å². The lowest BCUT2D eigenvalue weighted by Gasteiger charge is -2.45. The molecule has 1 aromatic rings. The first-order valence-electron chi connectivity index (χ1n) is 9.84. The first kappa shape index (κ1) is 21.1. The van der Waals surface area contributed by atoms with Gasteiger partial charge in [-0.25, -0.2) is 4.79 Å². The average molecular weight is 453 g/mol. The number of aliphatic hydroxyl groups is 1. The Kier molecular flexibility index (Phi) is 6.05. The molecular weight excluding hydrogens is 424 g/mol. The first-order chi connectivity index (χ1) is 13.1. The minimum atomic E-state index is -0.979. The van der Waals surface area contributed by atoms with Crippen molar-refractivity contribution in [2.24, 2.45) is 0 Å². The van der Waals surface area contributed by atoms with Gasteiger partial charge in [-0.15, -0.1) is 0 Å². The third-order valence-electron chi connectivity index (χ3n) is 5.45. The molecule has 28 heavy (non-hydrogen) atoms. The second-order valence-electron chi connectivity index (χ2n) is 8.73. The summed E-state index contributed by atoms with van der Waals surface area (Å²) < 4.78 is 6.36. The van der Waals surface area contributed by atoms with Crippen LogP contribution in [0.1, 0.15) is 51.5 Å². The van der Waals surface area contributed by atoms with E-state index in [0.29, 0.717) is 39.0 Å². The van der Waals surface area contributed by atoms with Gasteiger partial charge < -0.3 is 19.6 Å². The molecule has 1 aliphatic heterocycles. The number of hydrogen-bond donors (Lipinski definition) is 1. The molecule has 1 aliphatic carbocycles. The van der Waals surface area contributed by atoms with Crippen LogP contribution in [0.25, 0.3) is 0 Å². The number of ether oxygens (including phenoxy) is 1. The molecule has 0 radical (unpaired) electrons. The van der Waals surface area contributed by atoms with Crippen LogP contribution in [0.2, 0.25) is 0 Å². The van der Waals surface area contributed by atoms with Crippen molar-refractivity contribution in [2.75, 3.05) is 26.2 Å². The zero-order valence-electron chi connectivity index (χ0n) is 16.8. The number of hydrogen-bond acceptors (Lipinski definition) is 4. The Morgan fingerprint density at radius 1 is 1.07 bits per heavy atom. The zero-order valence-corrected chi connectivity index (χ0v) is 18.4. The number of halogens is 1. The van der Waals surface area contributed by atoms with Crippen LogP contribution >= 0.6 is 15.9 Å². The number of rotatable bonds is 3. The minimum Gasteiger partial charge on any atom is -0.444 e. The molecule has 1 heterocycles. The Hall–Kier alpha value is -1.60. The predicted octanol–water partition coefficient (Wildman–Crippen LogP) is 3.53. The Bertz CT molecular complexity index is 717. The van der Waals surface area contributed by atoms with Gasteiger partial charge >= 0.3 is 6.09 Å². The van der Waals surface area contributed by atoms with E-state index in [-0.39, 0.29) is 12.0 Å². The maximum atomic E-state index is 13.3. The smallest absolute Gasteiger partial charge is 0.410 e. The van der Waals surface area contributed by atoms with Crippen molar-refractivity contribution in [3.63, 3.8) is 0 Å². The van der Waals surface area contributed by atoms with Crippen molar-refractivity contribution in [1.82, 2.24) is 9.80 Å². The van der Waals surface area contributed by atoms with Crippen LogP contribution < -0.4 is 0 Å². The minimum absolute atomic E-state index is 0.0617. The van der Waals surface area contributed by atoms with Gasteiger partial charge in [-0.2, -0.15) is 0 Å². The van der Waals surface area contributed by atoms with E-state index >= 15 is 0 Å². The van der Waals surface area contributed by atoms with Crippen LogP contribution in [0.3, 0.4) is 0 Å². The molecule has 1 aromatic carbocycles. The van der Waals surface area contributed by atoms with Crippen molar-refractivity contribution >= 4 is 27.9 Å². The molecule has 1 saturated heterocycles. The molecule has 2 fully saturated rings. The lowest BCUT2D eigenvalue weighted by Crippen LogP contribution is -2.56. The molecule has 154 valence electrons. The average Bonchev–Trinajstić information content (AvgIpc) is 2.60. The highest BCUT2D eigenvalue weighted by Gasteiger charge is 2.48. The lowest BCUT2D eigenvalue weighted by atomic mass is 9.68. The fourth-order valence-electron chi connectivity index (χ4n) is 3.78. The maximum Gasteiger partial charge on any atom is 0.410 e. The molecule has 1 N–H and O–H groups in total. The fourth-order valence-corrected chi connectivity index (χ4v) is 4.05. The van der Waals surface area contributed by atoms with E-state index in [9.17, 15) is 14.7 Å². The molecule has 1 saturated carbocycles. The number of carbonyl (C=O) groups is 2. The van der Waals surface area contributed by atoms with Gasteiger partial charge in [0.05, 0.1) is 11.5 Å². The predicted molar refractivity (Wildman–Crippen MR) is 110 cm³/mol. The molecule has 7 heteroatoms. The third-order valence-corrected chi connectivity index (χ3v) is 5.98. The van der Waals surface area contributed by atoms with E-state index < -0.39 is 17.1 Å². The first-order valence-corrected chi connectivity index (χ1v) is 10.6. The van der Waals surface area contributed by atoms with Gasteiger partial charge in [-0.3, -0.25) is 4.79 Å². The normalized spacial score (nSPS) is 20.3. The number of amides is 2. The van der Waals surface area contributed by atoms with Gasteiger partial charge in [-0.1, -0.05) is 28.1 Å². The third kappa shape index (κ3) is 4.69. The highest BCUT2D eigenvalue weighted by molar-refractivity contribution is 9.10. The van der Waals surface area contributed by atoms with Crippen molar-refractivity contribution < 1.29 is 19.4 Å². The highest BCUT2D eigenvalue weighted by Crippen LogP contribution is 2.44. The SMILES string of the molecule is CC(C)(C)OC(=O)N1CCN(C(=O)C(c2ccc(Br)cc2)C2(O)CCC2)CC1.